The fraction of sp³-hybridized carbons (Fsp3) is 0.559. The maximum absolute atomic E-state index is 9.67. The lowest BCUT2D eigenvalue weighted by Crippen LogP contribution is -2.52. The van der Waals surface area contributed by atoms with Crippen molar-refractivity contribution in [3.63, 3.8) is 0 Å². The first kappa shape index (κ1) is 32.9. The first-order valence-electron chi connectivity index (χ1n) is 17.1. The van der Waals surface area contributed by atoms with Crippen LogP contribution in [0.5, 0.6) is 11.6 Å². The molecule has 4 aromatic rings. The van der Waals surface area contributed by atoms with Crippen molar-refractivity contribution in [2.45, 2.75) is 88.7 Å². The average molecular weight is 670 g/mol. The summed E-state index contributed by atoms with van der Waals surface area (Å²) in [5, 5.41) is 29.1. The van der Waals surface area contributed by atoms with Crippen molar-refractivity contribution in [3.8, 4) is 28.8 Å². The quantitative estimate of drug-likeness (QED) is 0.191. The highest BCUT2D eigenvalue weighted by Gasteiger charge is 2.42. The van der Waals surface area contributed by atoms with Gasteiger partial charge in [0.15, 0.2) is 0 Å². The number of fused-ring (bicyclic) bond motifs is 2. The number of tetrazole rings is 1. The van der Waals surface area contributed by atoms with Crippen LogP contribution in [0.15, 0.2) is 43.1 Å². The molecule has 0 radical (unpaired) electrons. The number of anilines is 2. The van der Waals surface area contributed by atoms with Crippen molar-refractivity contribution >= 4 is 11.6 Å². The minimum Gasteiger partial charge on any atom is -0.487 e. The second-order valence-corrected chi connectivity index (χ2v) is 13.1. The normalized spacial score (nSPS) is 22.8. The number of rotatable bonds is 14. The summed E-state index contributed by atoms with van der Waals surface area (Å²) in [6, 6.07) is 9.73. The first-order chi connectivity index (χ1) is 24.1. The molecule has 15 nitrogen and oxygen atoms in total. The van der Waals surface area contributed by atoms with E-state index in [4.69, 9.17) is 24.0 Å². The molecule has 1 aromatic carbocycles. The largest absolute Gasteiger partial charge is 0.487 e. The van der Waals surface area contributed by atoms with E-state index >= 15 is 0 Å². The monoisotopic (exact) mass is 669 g/mol. The van der Waals surface area contributed by atoms with Crippen LogP contribution in [0.1, 0.15) is 63.5 Å². The molecule has 3 atom stereocenters. The summed E-state index contributed by atoms with van der Waals surface area (Å²) < 4.78 is 26.9. The van der Waals surface area contributed by atoms with E-state index in [-0.39, 0.29) is 6.10 Å². The van der Waals surface area contributed by atoms with Crippen LogP contribution in [0.25, 0.3) is 11.1 Å². The fourth-order valence-electron chi connectivity index (χ4n) is 7.34. The lowest BCUT2D eigenvalue weighted by molar-refractivity contribution is -0.0458. The van der Waals surface area contributed by atoms with Crippen LogP contribution in [-0.2, 0) is 16.0 Å². The first-order valence-corrected chi connectivity index (χ1v) is 17.1. The average Bonchev–Trinajstić information content (AvgIpc) is 3.85. The number of nitrogens with zero attached hydrogens (tertiary/aromatic N) is 10. The smallest absolute Gasteiger partial charge is 0.256 e. The Morgan fingerprint density at radius 1 is 1.00 bits per heavy atom. The van der Waals surface area contributed by atoms with E-state index in [1.165, 1.54) is 19.2 Å². The molecule has 49 heavy (non-hydrogen) atoms. The minimum absolute atomic E-state index is 0.268. The zero-order chi connectivity index (χ0) is 33.6. The minimum atomic E-state index is -0.268. The highest BCUT2D eigenvalue weighted by molar-refractivity contribution is 5.67. The highest BCUT2D eigenvalue weighted by atomic mass is 16.5. The summed E-state index contributed by atoms with van der Waals surface area (Å²) in [5.41, 5.74) is 2.77. The second-order valence-electron chi connectivity index (χ2n) is 13.1. The lowest BCUT2D eigenvalue weighted by Gasteiger charge is -2.43. The van der Waals surface area contributed by atoms with E-state index in [0.29, 0.717) is 67.1 Å². The number of morpholine rings is 1. The number of benzene rings is 1. The predicted octanol–water partition coefficient (Wildman–Crippen LogP) is 4.17. The summed E-state index contributed by atoms with van der Waals surface area (Å²) in [5.74, 6) is 1.43. The summed E-state index contributed by atoms with van der Waals surface area (Å²) in [6.07, 6.45) is 14.5. The molecule has 0 amide bonds. The van der Waals surface area contributed by atoms with Gasteiger partial charge < -0.3 is 24.3 Å². The van der Waals surface area contributed by atoms with Crippen molar-refractivity contribution in [3.05, 3.63) is 48.7 Å². The molecular weight excluding hydrogens is 626 g/mol. The molecule has 0 spiro atoms. The van der Waals surface area contributed by atoms with Gasteiger partial charge >= 0.3 is 0 Å². The number of aromatic nitrogens is 8. The molecule has 2 aliphatic heterocycles. The molecule has 2 bridgehead atoms. The Labute approximate surface area is 285 Å². The van der Waals surface area contributed by atoms with Gasteiger partial charge in [-0.1, -0.05) is 6.07 Å². The SMILES string of the molecule is COCCCOc1nn([C@H]2CC[C@H](N3[C@@H]4CC[C@H]3COC4)CC2)cc1Nc1ncc(-c2ccc(C#N)c(O[C@@H](C)Cn3cnnn3)c2)cn1. The van der Waals surface area contributed by atoms with Crippen molar-refractivity contribution in [2.75, 3.05) is 38.9 Å². The van der Waals surface area contributed by atoms with Crippen LogP contribution in [0.2, 0.25) is 0 Å². The summed E-state index contributed by atoms with van der Waals surface area (Å²) in [4.78, 5) is 12.0. The van der Waals surface area contributed by atoms with Crippen molar-refractivity contribution in [2.24, 2.45) is 0 Å². The number of nitrogens with one attached hydrogen (secondary N) is 1. The van der Waals surface area contributed by atoms with E-state index in [1.54, 1.807) is 30.3 Å². The molecule has 3 aromatic heterocycles. The molecule has 3 aliphatic rings. The van der Waals surface area contributed by atoms with E-state index in [0.717, 1.165) is 62.1 Å². The third-order valence-electron chi connectivity index (χ3n) is 9.69. The zero-order valence-corrected chi connectivity index (χ0v) is 28.0. The van der Waals surface area contributed by atoms with Crippen LogP contribution in [0.4, 0.5) is 11.6 Å². The van der Waals surface area contributed by atoms with Gasteiger partial charge in [-0.05, 0) is 73.6 Å². The van der Waals surface area contributed by atoms with Gasteiger partial charge in [-0.2, -0.15) is 5.26 Å². The number of hydrogen-bond acceptors (Lipinski definition) is 13. The Kier molecular flexibility index (Phi) is 10.2. The number of hydrogen-bond donors (Lipinski definition) is 1. The molecule has 3 fully saturated rings. The van der Waals surface area contributed by atoms with Gasteiger partial charge in [0.25, 0.3) is 5.88 Å². The number of nitriles is 1. The Morgan fingerprint density at radius 3 is 2.47 bits per heavy atom. The highest BCUT2D eigenvalue weighted by Crippen LogP contribution is 2.39. The Hall–Kier alpha value is -4.65. The molecule has 1 N–H and O–H groups in total. The second kappa shape index (κ2) is 15.3. The standard InChI is InChI=1S/C34H43N11O4/c1-23(18-43-22-38-41-42-43)49-32-14-24(4-5-25(32)15-35)26-16-36-34(37-17-26)39-31-19-44(40-33(31)48-13-3-12-46-2)27-6-8-28(9-7-27)45-29-10-11-30(45)21-47-20-29/h4-5,14,16-17,19,22-23,27-30H,3,6-13,18,20-21H2,1-2H3,(H,36,37,39)/t23-,27-,28-,29-,30+/m0/s1. The predicted molar refractivity (Wildman–Crippen MR) is 178 cm³/mol. The third kappa shape index (κ3) is 7.66. The molecule has 1 saturated carbocycles. The topological polar surface area (TPSA) is 163 Å². The van der Waals surface area contributed by atoms with E-state index in [2.05, 4.69) is 46.5 Å². The van der Waals surface area contributed by atoms with Gasteiger partial charge in [-0.3, -0.25) is 9.58 Å². The van der Waals surface area contributed by atoms with Crippen molar-refractivity contribution in [1.82, 2.24) is 44.9 Å². The fourth-order valence-corrected chi connectivity index (χ4v) is 7.34. The summed E-state index contributed by atoms with van der Waals surface area (Å²) in [6.45, 7) is 5.20. The Balaban J connectivity index is 1.02. The lowest BCUT2D eigenvalue weighted by atomic mass is 9.89. The zero-order valence-electron chi connectivity index (χ0n) is 28.0. The van der Waals surface area contributed by atoms with Crippen molar-refractivity contribution < 1.29 is 18.9 Å². The third-order valence-corrected chi connectivity index (χ3v) is 9.69. The molecule has 258 valence electrons. The van der Waals surface area contributed by atoms with Crippen LogP contribution >= 0.6 is 0 Å². The van der Waals surface area contributed by atoms with E-state index < -0.39 is 0 Å². The van der Waals surface area contributed by atoms with Gasteiger partial charge in [-0.25, -0.2) is 14.6 Å². The molecule has 5 heterocycles. The molecule has 1 aliphatic carbocycles. The molecule has 7 rings (SSSR count). The van der Waals surface area contributed by atoms with Crippen molar-refractivity contribution in [1.29, 1.82) is 5.26 Å². The van der Waals surface area contributed by atoms with Gasteiger partial charge in [-0.15, -0.1) is 10.2 Å². The van der Waals surface area contributed by atoms with E-state index in [9.17, 15) is 5.26 Å². The molecule has 15 heteroatoms. The van der Waals surface area contributed by atoms with Crippen LogP contribution < -0.4 is 14.8 Å². The maximum Gasteiger partial charge on any atom is 0.256 e. The summed E-state index contributed by atoms with van der Waals surface area (Å²) >= 11 is 0. The number of ether oxygens (including phenoxy) is 4. The van der Waals surface area contributed by atoms with Gasteiger partial charge in [0.1, 0.15) is 29.9 Å². The molecular formula is C34H43N11O4. The van der Waals surface area contributed by atoms with E-state index in [1.807, 2.05) is 25.3 Å². The van der Waals surface area contributed by atoms with Gasteiger partial charge in [0.2, 0.25) is 5.95 Å². The van der Waals surface area contributed by atoms with Crippen LogP contribution in [0.3, 0.4) is 0 Å². The molecule has 0 unspecified atom stereocenters. The Morgan fingerprint density at radius 2 is 1.76 bits per heavy atom. The van der Waals surface area contributed by atoms with Crippen LogP contribution in [-0.4, -0.2) is 103 Å². The maximum atomic E-state index is 9.67. The van der Waals surface area contributed by atoms with Gasteiger partial charge in [0, 0.05) is 56.2 Å². The molecule has 2 saturated heterocycles. The Bertz CT molecular complexity index is 1680. The summed E-state index contributed by atoms with van der Waals surface area (Å²) in [7, 11) is 1.69. The number of methoxy groups -OCH3 is 1. The van der Waals surface area contributed by atoms with Crippen LogP contribution in [0, 0.1) is 11.3 Å². The van der Waals surface area contributed by atoms with Gasteiger partial charge in [0.05, 0.1) is 44.2 Å².